The minimum absolute atomic E-state index is 0.0126. The normalized spacial score (nSPS) is 23.3. The third-order valence-electron chi connectivity index (χ3n) is 6.09. The number of rotatable bonds is 6. The first-order valence-electron chi connectivity index (χ1n) is 9.72. The van der Waals surface area contributed by atoms with Crippen molar-refractivity contribution < 1.29 is 19.1 Å². The zero-order chi connectivity index (χ0) is 19.7. The van der Waals surface area contributed by atoms with Gasteiger partial charge in [0.05, 0.1) is 17.6 Å². The Morgan fingerprint density at radius 2 is 1.89 bits per heavy atom. The van der Waals surface area contributed by atoms with E-state index < -0.39 is 5.97 Å². The summed E-state index contributed by atoms with van der Waals surface area (Å²) in [4.78, 5) is 40.2. The highest BCUT2D eigenvalue weighted by Gasteiger charge is 2.43. The van der Waals surface area contributed by atoms with E-state index in [0.717, 1.165) is 19.3 Å². The Kier molecular flexibility index (Phi) is 5.89. The van der Waals surface area contributed by atoms with E-state index in [9.17, 15) is 14.4 Å². The van der Waals surface area contributed by atoms with Gasteiger partial charge >= 0.3 is 5.97 Å². The van der Waals surface area contributed by atoms with Crippen LogP contribution < -0.4 is 5.32 Å². The van der Waals surface area contributed by atoms with E-state index in [4.69, 9.17) is 4.74 Å². The van der Waals surface area contributed by atoms with Gasteiger partial charge in [-0.3, -0.25) is 9.59 Å². The molecule has 0 saturated heterocycles. The van der Waals surface area contributed by atoms with Crippen LogP contribution in [0.5, 0.6) is 0 Å². The number of hydrogen-bond acceptors (Lipinski definition) is 5. The molecule has 3 atom stereocenters. The second-order valence-electron chi connectivity index (χ2n) is 7.50. The zero-order valence-corrected chi connectivity index (χ0v) is 17.3. The third kappa shape index (κ3) is 3.61. The average molecular weight is 393 g/mol. The standard InChI is InChI=1S/C20H28N2O4S/c1-5-22(6-2)19(24)16-11(3)15(20(25)26-4)18(27-16)21-17(23)14-10-12-7-8-13(14)9-12/h12-14H,5-10H2,1-4H3,(H,21,23). The van der Waals surface area contributed by atoms with Crippen LogP contribution in [0.25, 0.3) is 0 Å². The topological polar surface area (TPSA) is 75.7 Å². The van der Waals surface area contributed by atoms with Crippen LogP contribution in [0.4, 0.5) is 5.00 Å². The molecule has 0 aromatic carbocycles. The van der Waals surface area contributed by atoms with E-state index in [1.165, 1.54) is 24.9 Å². The maximum atomic E-state index is 12.9. The molecule has 0 aliphatic heterocycles. The average Bonchev–Trinajstić information content (AvgIpc) is 3.36. The molecule has 0 radical (unpaired) electrons. The Hall–Kier alpha value is -1.89. The lowest BCUT2D eigenvalue weighted by Crippen LogP contribution is -2.30. The van der Waals surface area contributed by atoms with Crippen molar-refractivity contribution >= 4 is 34.1 Å². The SMILES string of the molecule is CCN(CC)C(=O)c1sc(NC(=O)C2CC3CCC2C3)c(C(=O)OC)c1C. The molecular formula is C20H28N2O4S. The maximum absolute atomic E-state index is 12.9. The molecule has 148 valence electrons. The summed E-state index contributed by atoms with van der Waals surface area (Å²) in [6.45, 7) is 6.76. The Labute approximate surface area is 164 Å². The molecule has 2 aliphatic carbocycles. The molecule has 1 heterocycles. The smallest absolute Gasteiger partial charge is 0.341 e. The van der Waals surface area contributed by atoms with Crippen molar-refractivity contribution in [1.29, 1.82) is 0 Å². The summed E-state index contributed by atoms with van der Waals surface area (Å²) in [5.41, 5.74) is 0.876. The molecule has 6 nitrogen and oxygen atoms in total. The van der Waals surface area contributed by atoms with Crippen molar-refractivity contribution in [2.75, 3.05) is 25.5 Å². The number of thiophene rings is 1. The maximum Gasteiger partial charge on any atom is 0.341 e. The predicted molar refractivity (Wildman–Crippen MR) is 105 cm³/mol. The largest absolute Gasteiger partial charge is 0.465 e. The van der Waals surface area contributed by atoms with Crippen LogP contribution >= 0.6 is 11.3 Å². The van der Waals surface area contributed by atoms with Crippen LogP contribution in [0.2, 0.25) is 0 Å². The summed E-state index contributed by atoms with van der Waals surface area (Å²) in [6.07, 6.45) is 4.40. The molecule has 7 heteroatoms. The molecule has 1 N–H and O–H groups in total. The van der Waals surface area contributed by atoms with Crippen molar-refractivity contribution in [3.05, 3.63) is 16.0 Å². The van der Waals surface area contributed by atoms with Gasteiger partial charge in [-0.25, -0.2) is 4.79 Å². The van der Waals surface area contributed by atoms with Gasteiger partial charge < -0.3 is 15.0 Å². The lowest BCUT2D eigenvalue weighted by atomic mass is 9.88. The molecule has 2 bridgehead atoms. The first-order chi connectivity index (χ1) is 12.9. The highest BCUT2D eigenvalue weighted by molar-refractivity contribution is 7.18. The molecule has 3 unspecified atom stereocenters. The number of carbonyl (C=O) groups excluding carboxylic acids is 3. The van der Waals surface area contributed by atoms with Gasteiger partial charge in [-0.2, -0.15) is 0 Å². The van der Waals surface area contributed by atoms with Crippen molar-refractivity contribution in [1.82, 2.24) is 4.90 Å². The monoisotopic (exact) mass is 392 g/mol. The number of carbonyl (C=O) groups is 3. The molecule has 27 heavy (non-hydrogen) atoms. The number of ether oxygens (including phenoxy) is 1. The van der Waals surface area contributed by atoms with Gasteiger partial charge in [-0.1, -0.05) is 6.42 Å². The summed E-state index contributed by atoms with van der Waals surface area (Å²) in [7, 11) is 1.31. The number of hydrogen-bond donors (Lipinski definition) is 1. The molecule has 1 aromatic rings. The van der Waals surface area contributed by atoms with E-state index in [-0.39, 0.29) is 17.7 Å². The molecule has 2 amide bonds. The van der Waals surface area contributed by atoms with Gasteiger partial charge in [-0.05, 0) is 57.4 Å². The number of fused-ring (bicyclic) bond motifs is 2. The van der Waals surface area contributed by atoms with E-state index in [1.54, 1.807) is 11.8 Å². The first kappa shape index (κ1) is 19.9. The second kappa shape index (κ2) is 8.00. The molecular weight excluding hydrogens is 364 g/mol. The Morgan fingerprint density at radius 3 is 2.41 bits per heavy atom. The molecule has 1 aromatic heterocycles. The summed E-state index contributed by atoms with van der Waals surface area (Å²) in [5.74, 6) is 0.456. The fourth-order valence-corrected chi connectivity index (χ4v) is 5.74. The summed E-state index contributed by atoms with van der Waals surface area (Å²) in [6, 6.07) is 0. The highest BCUT2D eigenvalue weighted by atomic mass is 32.1. The lowest BCUT2D eigenvalue weighted by Gasteiger charge is -2.20. The quantitative estimate of drug-likeness (QED) is 0.749. The van der Waals surface area contributed by atoms with Gasteiger partial charge in [0.15, 0.2) is 0 Å². The summed E-state index contributed by atoms with van der Waals surface area (Å²) in [5, 5.41) is 3.38. The summed E-state index contributed by atoms with van der Waals surface area (Å²) >= 11 is 1.18. The Morgan fingerprint density at radius 1 is 1.19 bits per heavy atom. The van der Waals surface area contributed by atoms with Crippen LogP contribution in [0.3, 0.4) is 0 Å². The van der Waals surface area contributed by atoms with Crippen LogP contribution in [-0.4, -0.2) is 42.9 Å². The van der Waals surface area contributed by atoms with Crippen LogP contribution in [0.15, 0.2) is 0 Å². The van der Waals surface area contributed by atoms with Crippen LogP contribution in [0, 0.1) is 24.7 Å². The first-order valence-corrected chi connectivity index (χ1v) is 10.5. The molecule has 2 aliphatic rings. The molecule has 2 fully saturated rings. The highest BCUT2D eigenvalue weighted by Crippen LogP contribution is 2.49. The third-order valence-corrected chi connectivity index (χ3v) is 7.29. The van der Waals surface area contributed by atoms with E-state index >= 15 is 0 Å². The number of nitrogens with zero attached hydrogens (tertiary/aromatic N) is 1. The van der Waals surface area contributed by atoms with Gasteiger partial charge in [0.25, 0.3) is 5.91 Å². The number of esters is 1. The minimum Gasteiger partial charge on any atom is -0.465 e. The van der Waals surface area contributed by atoms with Crippen molar-refractivity contribution in [3.8, 4) is 0 Å². The van der Waals surface area contributed by atoms with Gasteiger partial charge in [-0.15, -0.1) is 11.3 Å². The Balaban J connectivity index is 1.89. The zero-order valence-electron chi connectivity index (χ0n) is 16.5. The molecule has 2 saturated carbocycles. The van der Waals surface area contributed by atoms with Crippen LogP contribution in [-0.2, 0) is 9.53 Å². The predicted octanol–water partition coefficient (Wildman–Crippen LogP) is 3.70. The van der Waals surface area contributed by atoms with Gasteiger partial charge in [0.1, 0.15) is 5.00 Å². The fourth-order valence-electron chi connectivity index (χ4n) is 4.58. The fraction of sp³-hybridized carbons (Fsp3) is 0.650. The van der Waals surface area contributed by atoms with Gasteiger partial charge in [0.2, 0.25) is 5.91 Å². The van der Waals surface area contributed by atoms with E-state index in [0.29, 0.717) is 45.9 Å². The number of amides is 2. The Bertz CT molecular complexity index is 753. The lowest BCUT2D eigenvalue weighted by molar-refractivity contribution is -0.121. The van der Waals surface area contributed by atoms with Gasteiger partial charge in [0, 0.05) is 19.0 Å². The summed E-state index contributed by atoms with van der Waals surface area (Å²) < 4.78 is 4.91. The molecule has 3 rings (SSSR count). The molecule has 0 spiro atoms. The van der Waals surface area contributed by atoms with E-state index in [1.807, 2.05) is 13.8 Å². The second-order valence-corrected chi connectivity index (χ2v) is 8.52. The number of nitrogens with one attached hydrogen (secondary N) is 1. The van der Waals surface area contributed by atoms with Crippen molar-refractivity contribution in [2.45, 2.75) is 46.5 Å². The van der Waals surface area contributed by atoms with Crippen molar-refractivity contribution in [3.63, 3.8) is 0 Å². The number of methoxy groups -OCH3 is 1. The minimum atomic E-state index is -0.523. The van der Waals surface area contributed by atoms with Crippen molar-refractivity contribution in [2.24, 2.45) is 17.8 Å². The number of anilines is 1. The van der Waals surface area contributed by atoms with E-state index in [2.05, 4.69) is 5.32 Å². The van der Waals surface area contributed by atoms with Crippen LogP contribution in [0.1, 0.15) is 65.1 Å².